The number of rotatable bonds is 74. The van der Waals surface area contributed by atoms with E-state index in [9.17, 15) is 43.2 Å². The fourth-order valence-electron chi connectivity index (χ4n) is 11.4. The van der Waals surface area contributed by atoms with E-state index in [4.69, 9.17) is 37.0 Å². The van der Waals surface area contributed by atoms with Crippen LogP contribution in [0.1, 0.15) is 388 Å². The molecule has 0 aromatic heterocycles. The van der Waals surface area contributed by atoms with E-state index < -0.39 is 97.5 Å². The molecule has 3 N–H and O–H groups in total. The number of phosphoric acid groups is 2. The van der Waals surface area contributed by atoms with Crippen LogP contribution in [0.2, 0.25) is 0 Å². The van der Waals surface area contributed by atoms with Crippen molar-refractivity contribution in [2.75, 3.05) is 39.6 Å². The van der Waals surface area contributed by atoms with E-state index in [0.29, 0.717) is 25.7 Å². The highest BCUT2D eigenvalue weighted by molar-refractivity contribution is 7.47. The van der Waals surface area contributed by atoms with Crippen molar-refractivity contribution in [3.63, 3.8) is 0 Å². The average molecular weight is 1370 g/mol. The standard InChI is InChI=1S/C74H144O17P2/c1-6-9-12-15-18-20-22-23-28-32-35-39-43-48-53-58-72(77)85-64-70(91-74(79)60-55-50-45-40-36-33-30-27-25-24-26-29-31-34-37-42-46-51-56-67(4)5)66-89-93(82,83)87-62-68(75)61-86-92(80,81)88-65-69(63-84-71(76)57-52-47-41-17-14-11-8-3)90-73(78)59-54-49-44-38-21-19-16-13-10-7-2/h67-70,75H,6-66H2,1-5H3,(H,80,81)(H,82,83)/t68-,69+,70+/m0/s1. The summed E-state index contributed by atoms with van der Waals surface area (Å²) in [5.74, 6) is -1.30. The van der Waals surface area contributed by atoms with Crippen LogP contribution in [0.5, 0.6) is 0 Å². The second kappa shape index (κ2) is 67.3. The highest BCUT2D eigenvalue weighted by Gasteiger charge is 2.30. The number of aliphatic hydroxyl groups is 1. The summed E-state index contributed by atoms with van der Waals surface area (Å²) in [5, 5.41) is 10.6. The average Bonchev–Trinajstić information content (AvgIpc) is 3.32. The zero-order valence-corrected chi connectivity index (χ0v) is 62.2. The van der Waals surface area contributed by atoms with E-state index in [0.717, 1.165) is 109 Å². The number of esters is 4. The van der Waals surface area contributed by atoms with E-state index >= 15 is 0 Å². The van der Waals surface area contributed by atoms with Crippen LogP contribution < -0.4 is 0 Å². The van der Waals surface area contributed by atoms with Crippen LogP contribution >= 0.6 is 15.6 Å². The van der Waals surface area contributed by atoms with Crippen molar-refractivity contribution in [2.24, 2.45) is 5.92 Å². The Bertz CT molecular complexity index is 1790. The lowest BCUT2D eigenvalue weighted by atomic mass is 10.0. The van der Waals surface area contributed by atoms with Gasteiger partial charge in [-0.15, -0.1) is 0 Å². The van der Waals surface area contributed by atoms with E-state index in [2.05, 4.69) is 34.6 Å². The van der Waals surface area contributed by atoms with Crippen molar-refractivity contribution >= 4 is 39.5 Å². The van der Waals surface area contributed by atoms with E-state index in [-0.39, 0.29) is 25.7 Å². The predicted octanol–water partition coefficient (Wildman–Crippen LogP) is 21.7. The maximum atomic E-state index is 13.1. The Morgan fingerprint density at radius 1 is 0.290 bits per heavy atom. The largest absolute Gasteiger partial charge is 0.472 e. The maximum Gasteiger partial charge on any atom is 0.472 e. The SMILES string of the molecule is CCCCCCCCCCCCCCCCCC(=O)OC[C@H](COP(=O)(O)OC[C@@H](O)COP(=O)(O)OC[C@@H](COC(=O)CCCCCCCCC)OC(=O)CCCCCCCCCCCC)OC(=O)CCCCCCCCCCCCCCCCCCCCC(C)C. The molecule has 0 amide bonds. The number of hydrogen-bond donors (Lipinski definition) is 3. The lowest BCUT2D eigenvalue weighted by Crippen LogP contribution is -2.30. The van der Waals surface area contributed by atoms with Gasteiger partial charge in [0, 0.05) is 25.7 Å². The molecule has 0 saturated carbocycles. The molecule has 0 aliphatic rings. The van der Waals surface area contributed by atoms with Gasteiger partial charge in [0.15, 0.2) is 12.2 Å². The quantitative estimate of drug-likeness (QED) is 0.0222. The van der Waals surface area contributed by atoms with Crippen LogP contribution in [0.4, 0.5) is 0 Å². The number of carbonyl (C=O) groups excluding carboxylic acids is 4. The molecule has 0 radical (unpaired) electrons. The molecule has 0 spiro atoms. The van der Waals surface area contributed by atoms with Crippen molar-refractivity contribution in [2.45, 2.75) is 406 Å². The van der Waals surface area contributed by atoms with E-state index in [1.165, 1.54) is 199 Å². The first-order chi connectivity index (χ1) is 45.0. The van der Waals surface area contributed by atoms with Crippen LogP contribution in [0.15, 0.2) is 0 Å². The Morgan fingerprint density at radius 3 is 0.731 bits per heavy atom. The fraction of sp³-hybridized carbons (Fsp3) is 0.946. The monoisotopic (exact) mass is 1370 g/mol. The Labute approximate surface area is 568 Å². The van der Waals surface area contributed by atoms with Crippen LogP contribution in [-0.2, 0) is 65.4 Å². The second-order valence-electron chi connectivity index (χ2n) is 27.2. The van der Waals surface area contributed by atoms with Crippen molar-refractivity contribution in [1.29, 1.82) is 0 Å². The number of phosphoric ester groups is 2. The first-order valence-corrected chi connectivity index (χ1v) is 41.6. The zero-order valence-electron chi connectivity index (χ0n) is 60.4. The molecule has 552 valence electrons. The number of hydrogen-bond acceptors (Lipinski definition) is 15. The lowest BCUT2D eigenvalue weighted by Gasteiger charge is -2.21. The van der Waals surface area contributed by atoms with Gasteiger partial charge < -0.3 is 33.8 Å². The van der Waals surface area contributed by atoms with Gasteiger partial charge in [0.1, 0.15) is 19.3 Å². The Morgan fingerprint density at radius 2 is 0.495 bits per heavy atom. The molecule has 17 nitrogen and oxygen atoms in total. The summed E-state index contributed by atoms with van der Waals surface area (Å²) >= 11 is 0. The Hall–Kier alpha value is -1.94. The third kappa shape index (κ3) is 68.4. The van der Waals surface area contributed by atoms with Gasteiger partial charge in [-0.2, -0.15) is 0 Å². The minimum atomic E-state index is -4.95. The molecule has 19 heteroatoms. The van der Waals surface area contributed by atoms with Gasteiger partial charge in [-0.3, -0.25) is 37.3 Å². The van der Waals surface area contributed by atoms with Gasteiger partial charge in [0.05, 0.1) is 26.4 Å². The summed E-state index contributed by atoms with van der Waals surface area (Å²) in [7, 11) is -9.90. The number of ether oxygens (including phenoxy) is 4. The van der Waals surface area contributed by atoms with Crippen LogP contribution in [0, 0.1) is 5.92 Å². The summed E-state index contributed by atoms with van der Waals surface area (Å²) in [6, 6.07) is 0. The molecular weight excluding hydrogens is 1220 g/mol. The lowest BCUT2D eigenvalue weighted by molar-refractivity contribution is -0.161. The highest BCUT2D eigenvalue weighted by atomic mass is 31.2. The summed E-state index contributed by atoms with van der Waals surface area (Å²) in [5.41, 5.74) is 0. The maximum absolute atomic E-state index is 13.1. The van der Waals surface area contributed by atoms with Gasteiger partial charge in [0.25, 0.3) is 0 Å². The Balaban J connectivity index is 5.15. The number of unbranched alkanes of at least 4 members (excludes halogenated alkanes) is 46. The summed E-state index contributed by atoms with van der Waals surface area (Å²) in [6.07, 6.45) is 55.7. The van der Waals surface area contributed by atoms with Crippen molar-refractivity contribution in [1.82, 2.24) is 0 Å². The topological polar surface area (TPSA) is 237 Å². The van der Waals surface area contributed by atoms with Crippen molar-refractivity contribution in [3.05, 3.63) is 0 Å². The molecule has 0 rings (SSSR count). The van der Waals surface area contributed by atoms with Crippen molar-refractivity contribution in [3.8, 4) is 0 Å². The third-order valence-corrected chi connectivity index (χ3v) is 19.2. The van der Waals surface area contributed by atoms with Crippen LogP contribution in [-0.4, -0.2) is 96.7 Å². The van der Waals surface area contributed by atoms with Crippen molar-refractivity contribution < 1.29 is 80.2 Å². The predicted molar refractivity (Wildman–Crippen MR) is 377 cm³/mol. The first-order valence-electron chi connectivity index (χ1n) is 38.6. The van der Waals surface area contributed by atoms with E-state index in [1.54, 1.807) is 0 Å². The highest BCUT2D eigenvalue weighted by Crippen LogP contribution is 2.45. The van der Waals surface area contributed by atoms with E-state index in [1.807, 2.05) is 0 Å². The molecule has 5 atom stereocenters. The van der Waals surface area contributed by atoms with Gasteiger partial charge in [-0.05, 0) is 31.6 Å². The van der Waals surface area contributed by atoms with Gasteiger partial charge >= 0.3 is 39.5 Å². The molecule has 0 bridgehead atoms. The molecule has 0 aliphatic heterocycles. The molecule has 0 heterocycles. The number of aliphatic hydroxyl groups excluding tert-OH is 1. The second-order valence-corrected chi connectivity index (χ2v) is 30.1. The molecule has 93 heavy (non-hydrogen) atoms. The van der Waals surface area contributed by atoms with Gasteiger partial charge in [-0.25, -0.2) is 9.13 Å². The molecule has 0 aliphatic carbocycles. The molecule has 0 aromatic rings. The molecule has 0 fully saturated rings. The molecule has 0 saturated heterocycles. The number of carbonyl (C=O) groups is 4. The summed E-state index contributed by atoms with van der Waals surface area (Å²) in [6.45, 7) is 7.26. The molecule has 0 aromatic carbocycles. The smallest absolute Gasteiger partial charge is 0.462 e. The molecule has 2 unspecified atom stereocenters. The molecular formula is C74H144O17P2. The van der Waals surface area contributed by atoms with Gasteiger partial charge in [0.2, 0.25) is 0 Å². The summed E-state index contributed by atoms with van der Waals surface area (Å²) < 4.78 is 68.3. The fourth-order valence-corrected chi connectivity index (χ4v) is 12.9. The zero-order chi connectivity index (χ0) is 68.4. The normalized spacial score (nSPS) is 14.0. The third-order valence-electron chi connectivity index (χ3n) is 17.3. The Kier molecular flexibility index (Phi) is 65.9. The first kappa shape index (κ1) is 91.1. The van der Waals surface area contributed by atoms with Gasteiger partial charge in [-0.1, -0.05) is 336 Å². The minimum absolute atomic E-state index is 0.106. The van der Waals surface area contributed by atoms with Crippen LogP contribution in [0.25, 0.3) is 0 Å². The van der Waals surface area contributed by atoms with Crippen LogP contribution in [0.3, 0.4) is 0 Å². The summed E-state index contributed by atoms with van der Waals surface area (Å²) in [4.78, 5) is 72.5. The minimum Gasteiger partial charge on any atom is -0.462 e.